The van der Waals surface area contributed by atoms with E-state index >= 15 is 0 Å². The van der Waals surface area contributed by atoms with Crippen molar-refractivity contribution >= 4 is 50.2 Å². The summed E-state index contributed by atoms with van der Waals surface area (Å²) >= 11 is 0. The highest BCUT2D eigenvalue weighted by Gasteiger charge is 2.45. The lowest BCUT2D eigenvalue weighted by Crippen LogP contribution is -2.34. The number of hydrogen-bond donors (Lipinski definition) is 4. The maximum absolute atomic E-state index is 6.08. The van der Waals surface area contributed by atoms with Gasteiger partial charge in [-0.3, -0.25) is 0 Å². The second kappa shape index (κ2) is 12.4. The quantitative estimate of drug-likeness (QED) is 0.0866. The largest absolute Gasteiger partial charge is 0.323 e. The maximum Gasteiger partial charge on any atom is 0.188 e. The third kappa shape index (κ3) is 4.97. The van der Waals surface area contributed by atoms with Gasteiger partial charge in [0.15, 0.2) is 11.7 Å². The van der Waals surface area contributed by atoms with Crippen LogP contribution in [-0.4, -0.2) is 48.2 Å². The normalized spacial score (nSPS) is 16.2. The second-order valence-corrected chi connectivity index (χ2v) is 11.0. The Morgan fingerprint density at radius 1 is 0.455 bits per heavy atom. The molecule has 0 saturated carbocycles. The molecule has 12 nitrogen and oxygen atoms in total. The van der Waals surface area contributed by atoms with Crippen LogP contribution in [0, 0.1) is 0 Å². The lowest BCUT2D eigenvalue weighted by atomic mass is 9.97. The van der Waals surface area contributed by atoms with Crippen LogP contribution in [0.1, 0.15) is 22.3 Å². The molecule has 6 rings (SSSR count). The maximum atomic E-state index is 6.08. The number of amidine groups is 2. The molecule has 2 heterocycles. The van der Waals surface area contributed by atoms with Crippen molar-refractivity contribution in [2.24, 2.45) is 54.0 Å². The van der Waals surface area contributed by atoms with Crippen molar-refractivity contribution in [2.75, 3.05) is 0 Å². The van der Waals surface area contributed by atoms with Crippen LogP contribution in [0.5, 0.6) is 0 Å². The van der Waals surface area contributed by atoms with Crippen molar-refractivity contribution in [1.29, 1.82) is 0 Å². The molecule has 0 unspecified atom stereocenters. The van der Waals surface area contributed by atoms with E-state index in [-0.39, 0.29) is 0 Å². The molecular weight excluding hydrogens is 572 g/mol. The zero-order valence-electron chi connectivity index (χ0n) is 23.3. The molecule has 44 heavy (non-hydrogen) atoms. The van der Waals surface area contributed by atoms with E-state index in [1.54, 1.807) is 8.83 Å². The third-order valence-corrected chi connectivity index (χ3v) is 8.71. The molecule has 0 spiro atoms. The zero-order chi connectivity index (χ0) is 30.5. The van der Waals surface area contributed by atoms with Crippen LogP contribution in [0.2, 0.25) is 0 Å². The number of nitrogens with two attached hydrogens (primary N) is 4. The molecule has 8 N–H and O–H groups in total. The molecule has 4 aromatic carbocycles. The zero-order valence-corrected chi connectivity index (χ0v) is 24.2. The minimum absolute atomic E-state index is 0.377. The Bertz CT molecular complexity index is 1740. The summed E-state index contributed by atoms with van der Waals surface area (Å²) in [4.78, 5) is 0.639. The van der Waals surface area contributed by atoms with Crippen LogP contribution in [0.25, 0.3) is 0 Å². The Kier molecular flexibility index (Phi) is 7.92. The Balaban J connectivity index is 1.64. The van der Waals surface area contributed by atoms with Gasteiger partial charge in [-0.15, -0.1) is 0 Å². The van der Waals surface area contributed by atoms with Crippen molar-refractivity contribution < 1.29 is 0 Å². The predicted molar refractivity (Wildman–Crippen MR) is 180 cm³/mol. The van der Waals surface area contributed by atoms with Crippen LogP contribution >= 0.6 is 10.9 Å². The fraction of sp³-hybridized carbons (Fsp3) is 0. The molecule has 0 radical (unpaired) electrons. The first-order valence-electron chi connectivity index (χ1n) is 13.4. The second-order valence-electron chi connectivity index (χ2n) is 9.36. The summed E-state index contributed by atoms with van der Waals surface area (Å²) in [7, 11) is -1.17. The lowest BCUT2D eigenvalue weighted by Gasteiger charge is -2.26. The van der Waals surface area contributed by atoms with Gasteiger partial charge in [0.25, 0.3) is 0 Å². The summed E-state index contributed by atoms with van der Waals surface area (Å²) in [6, 6.07) is 38.0. The standard InChI is InChI=1S/C31H28N12S/c32-36-25(21-13-5-1-6-14-21)27-29-28(26(37-33)22-15-7-2-8-16-22)41-43(31(39-35)24-19-11-4-12-20-24)44(29)42(40-27)30(38-34)23-17-9-3-10-18-23/h1-20H,32-35H2/b36-25+,37-26+,38-30+,39-31+. The Morgan fingerprint density at radius 3 is 1.07 bits per heavy atom. The van der Waals surface area contributed by atoms with Gasteiger partial charge < -0.3 is 23.4 Å². The fourth-order valence-corrected chi connectivity index (χ4v) is 6.89. The van der Waals surface area contributed by atoms with Gasteiger partial charge in [-0.25, -0.2) is 0 Å². The SMILES string of the molecule is N/N=C(/C1=NN(/C(=N/N)c2ccccc2)S2=C1C(/C(=N/N)c1ccccc1)=NN2/C(=N/N)c1ccccc1)c1ccccc1. The number of rotatable bonds is 6. The van der Waals surface area contributed by atoms with E-state index in [1.165, 1.54) is 0 Å². The van der Waals surface area contributed by atoms with Gasteiger partial charge in [-0.05, 0) is 0 Å². The first-order valence-corrected chi connectivity index (χ1v) is 14.6. The Hall–Kier alpha value is -6.08. The summed E-state index contributed by atoms with van der Waals surface area (Å²) in [6.07, 6.45) is 0. The van der Waals surface area contributed by atoms with Crippen LogP contribution < -0.4 is 23.4 Å². The van der Waals surface area contributed by atoms with Crippen molar-refractivity contribution in [1.82, 2.24) is 8.83 Å². The highest BCUT2D eigenvalue weighted by Crippen LogP contribution is 2.41. The van der Waals surface area contributed by atoms with Crippen molar-refractivity contribution in [3.05, 3.63) is 144 Å². The predicted octanol–water partition coefficient (Wildman–Crippen LogP) is 2.97. The molecular formula is C31H28N12S. The molecule has 13 heteroatoms. The molecule has 0 bridgehead atoms. The van der Waals surface area contributed by atoms with Crippen LogP contribution in [0.4, 0.5) is 0 Å². The summed E-state index contributed by atoms with van der Waals surface area (Å²) in [5, 5.41) is 26.9. The number of hydrogen-bond acceptors (Lipinski definition) is 10. The summed E-state index contributed by atoms with van der Waals surface area (Å²) in [5.74, 6) is 25.1. The van der Waals surface area contributed by atoms with Crippen LogP contribution in [0.15, 0.2) is 152 Å². The van der Waals surface area contributed by atoms with E-state index in [0.717, 1.165) is 22.3 Å². The van der Waals surface area contributed by atoms with E-state index in [2.05, 4.69) is 20.4 Å². The van der Waals surface area contributed by atoms with E-state index < -0.39 is 10.9 Å². The summed E-state index contributed by atoms with van der Waals surface area (Å²) in [5.41, 5.74) is 4.70. The smallest absolute Gasteiger partial charge is 0.188 e. The van der Waals surface area contributed by atoms with E-state index in [9.17, 15) is 0 Å². The summed E-state index contributed by atoms with van der Waals surface area (Å²) < 4.78 is 3.38. The molecule has 4 aromatic rings. The molecule has 0 aromatic heterocycles. The molecule has 2 aliphatic heterocycles. The van der Waals surface area contributed by atoms with Crippen molar-refractivity contribution in [3.63, 3.8) is 0 Å². The van der Waals surface area contributed by atoms with E-state index in [1.807, 2.05) is 121 Å². The average Bonchev–Trinajstić information content (AvgIpc) is 3.64. The molecule has 0 saturated heterocycles. The molecule has 2 aliphatic rings. The third-order valence-electron chi connectivity index (χ3n) is 6.79. The number of benzene rings is 4. The topological polar surface area (TPSA) is 185 Å². The highest BCUT2D eigenvalue weighted by molar-refractivity contribution is 8.16. The minimum Gasteiger partial charge on any atom is -0.323 e. The lowest BCUT2D eigenvalue weighted by molar-refractivity contribution is 0.657. The van der Waals surface area contributed by atoms with E-state index in [4.69, 9.17) is 33.6 Å². The highest BCUT2D eigenvalue weighted by atomic mass is 32.2. The van der Waals surface area contributed by atoms with Crippen molar-refractivity contribution in [3.8, 4) is 0 Å². The van der Waals surface area contributed by atoms with Crippen LogP contribution in [0.3, 0.4) is 0 Å². The average molecular weight is 601 g/mol. The Morgan fingerprint density at radius 2 is 0.773 bits per heavy atom. The van der Waals surface area contributed by atoms with E-state index in [0.29, 0.717) is 39.4 Å². The number of nitrogens with zero attached hydrogens (tertiary/aromatic N) is 8. The van der Waals surface area contributed by atoms with Gasteiger partial charge in [0, 0.05) is 22.3 Å². The van der Waals surface area contributed by atoms with Gasteiger partial charge in [0.05, 0.1) is 10.9 Å². The first kappa shape index (κ1) is 28.1. The van der Waals surface area contributed by atoms with Gasteiger partial charge in [0.2, 0.25) is 0 Å². The monoisotopic (exact) mass is 600 g/mol. The van der Waals surface area contributed by atoms with Crippen LogP contribution in [-0.2, 0) is 0 Å². The summed E-state index contributed by atoms with van der Waals surface area (Å²) in [6.45, 7) is 0. The minimum atomic E-state index is -1.17. The van der Waals surface area contributed by atoms with Gasteiger partial charge in [-0.2, -0.15) is 39.4 Å². The van der Waals surface area contributed by atoms with Crippen molar-refractivity contribution in [2.45, 2.75) is 0 Å². The number of hydrazone groups is 6. The van der Waals surface area contributed by atoms with Gasteiger partial charge >= 0.3 is 0 Å². The first-order chi connectivity index (χ1) is 21.7. The fourth-order valence-electron chi connectivity index (χ4n) is 4.83. The molecule has 0 amide bonds. The Labute approximate surface area is 256 Å². The molecule has 0 fully saturated rings. The van der Waals surface area contributed by atoms with Gasteiger partial charge in [-0.1, -0.05) is 121 Å². The molecule has 0 atom stereocenters. The molecule has 0 aliphatic carbocycles. The van der Waals surface area contributed by atoms with Gasteiger partial charge in [0.1, 0.15) is 27.7 Å². The molecule has 218 valence electrons.